The minimum atomic E-state index is -0.841. The molecule has 0 bridgehead atoms. The zero-order chi connectivity index (χ0) is 21.8. The third-order valence-electron chi connectivity index (χ3n) is 5.13. The number of hydrogen-bond acceptors (Lipinski definition) is 6. The minimum Gasteiger partial charge on any atom is -0.494 e. The van der Waals surface area contributed by atoms with Crippen LogP contribution in [0.5, 0.6) is 5.75 Å². The molecule has 9 heteroatoms. The zero-order valence-electron chi connectivity index (χ0n) is 17.4. The molecule has 1 aliphatic heterocycles. The molecule has 1 fully saturated rings. The average molecular weight is 429 g/mol. The maximum Gasteiger partial charge on any atom is 0.159 e. The summed E-state index contributed by atoms with van der Waals surface area (Å²) in [5.41, 5.74) is 6.51. The Kier molecular flexibility index (Phi) is 6.45. The van der Waals surface area contributed by atoms with Crippen molar-refractivity contribution in [2.24, 2.45) is 0 Å². The number of methoxy groups -OCH3 is 1. The fraction of sp³-hybridized carbons (Fsp3) is 0.318. The molecule has 2 heterocycles. The highest BCUT2D eigenvalue weighted by Crippen LogP contribution is 2.29. The zero-order valence-corrected chi connectivity index (χ0v) is 17.4. The lowest BCUT2D eigenvalue weighted by Crippen LogP contribution is -2.53. The van der Waals surface area contributed by atoms with Crippen LogP contribution in [-0.4, -0.2) is 42.5 Å². The number of nitrogens with one attached hydrogen (secondary N) is 2. The minimum absolute atomic E-state index is 0.0148. The highest BCUT2D eigenvalue weighted by Gasteiger charge is 2.21. The van der Waals surface area contributed by atoms with Crippen LogP contribution in [0.15, 0.2) is 48.9 Å². The van der Waals surface area contributed by atoms with Crippen LogP contribution in [0.25, 0.3) is 5.69 Å². The lowest BCUT2D eigenvalue weighted by Gasteiger charge is -2.35. The van der Waals surface area contributed by atoms with E-state index in [4.69, 9.17) is 9.57 Å². The Morgan fingerprint density at radius 3 is 2.84 bits per heavy atom. The van der Waals surface area contributed by atoms with Crippen molar-refractivity contribution in [2.45, 2.75) is 19.5 Å². The van der Waals surface area contributed by atoms with Crippen LogP contribution in [0.1, 0.15) is 11.3 Å². The van der Waals surface area contributed by atoms with Crippen molar-refractivity contribution in [3.05, 3.63) is 71.8 Å². The van der Waals surface area contributed by atoms with Gasteiger partial charge in [0, 0.05) is 37.6 Å². The van der Waals surface area contributed by atoms with Crippen molar-refractivity contribution in [2.75, 3.05) is 31.8 Å². The van der Waals surface area contributed by atoms with E-state index in [0.717, 1.165) is 28.9 Å². The van der Waals surface area contributed by atoms with E-state index in [0.29, 0.717) is 31.9 Å². The second kappa shape index (κ2) is 9.42. The molecule has 1 aliphatic rings. The van der Waals surface area contributed by atoms with E-state index < -0.39 is 11.6 Å². The summed E-state index contributed by atoms with van der Waals surface area (Å²) in [4.78, 5) is 11.9. The van der Waals surface area contributed by atoms with Gasteiger partial charge in [-0.2, -0.15) is 5.48 Å². The second-order valence-corrected chi connectivity index (χ2v) is 7.47. The first-order chi connectivity index (χ1) is 15.0. The number of aryl methyl sites for hydroxylation is 1. The lowest BCUT2D eigenvalue weighted by atomic mass is 10.2. The number of hydroxylamine groups is 1. The highest BCUT2D eigenvalue weighted by molar-refractivity contribution is 5.59. The molecule has 7 nitrogen and oxygen atoms in total. The van der Waals surface area contributed by atoms with Gasteiger partial charge in [-0.3, -0.25) is 4.84 Å². The van der Waals surface area contributed by atoms with Crippen LogP contribution in [0.4, 0.5) is 14.5 Å². The summed E-state index contributed by atoms with van der Waals surface area (Å²) >= 11 is 0. The molecule has 31 heavy (non-hydrogen) atoms. The molecule has 1 saturated heterocycles. The van der Waals surface area contributed by atoms with Gasteiger partial charge in [-0.1, -0.05) is 6.07 Å². The van der Waals surface area contributed by atoms with Crippen molar-refractivity contribution < 1.29 is 18.4 Å². The number of halogens is 2. The van der Waals surface area contributed by atoms with Gasteiger partial charge < -0.3 is 19.5 Å². The van der Waals surface area contributed by atoms with Crippen molar-refractivity contribution in [3.63, 3.8) is 0 Å². The van der Waals surface area contributed by atoms with E-state index in [-0.39, 0.29) is 6.04 Å². The van der Waals surface area contributed by atoms with Gasteiger partial charge >= 0.3 is 0 Å². The Bertz CT molecular complexity index is 1040. The fourth-order valence-electron chi connectivity index (χ4n) is 3.54. The predicted octanol–water partition coefficient (Wildman–Crippen LogP) is 2.92. The summed E-state index contributed by atoms with van der Waals surface area (Å²) in [6.45, 7) is 4.07. The largest absolute Gasteiger partial charge is 0.494 e. The molecule has 4 rings (SSSR count). The van der Waals surface area contributed by atoms with Crippen LogP contribution in [0, 0.1) is 18.6 Å². The van der Waals surface area contributed by atoms with E-state index in [2.05, 4.69) is 20.7 Å². The topological polar surface area (TPSA) is 63.6 Å². The summed E-state index contributed by atoms with van der Waals surface area (Å²) in [7, 11) is 1.64. The summed E-state index contributed by atoms with van der Waals surface area (Å²) in [5, 5.41) is 3.25. The Balaban J connectivity index is 1.38. The highest BCUT2D eigenvalue weighted by atomic mass is 19.2. The summed E-state index contributed by atoms with van der Waals surface area (Å²) in [6, 6.07) is 9.92. The van der Waals surface area contributed by atoms with Gasteiger partial charge in [-0.15, -0.1) is 0 Å². The number of ether oxygens (including phenoxy) is 1. The Morgan fingerprint density at radius 1 is 1.23 bits per heavy atom. The van der Waals surface area contributed by atoms with Gasteiger partial charge in [0.15, 0.2) is 11.6 Å². The molecule has 2 aromatic carbocycles. The third-order valence-corrected chi connectivity index (χ3v) is 5.13. The first-order valence-electron chi connectivity index (χ1n) is 9.99. The van der Waals surface area contributed by atoms with E-state index in [1.54, 1.807) is 19.5 Å². The monoisotopic (exact) mass is 429 g/mol. The lowest BCUT2D eigenvalue weighted by molar-refractivity contribution is -0.00826. The quantitative estimate of drug-likeness (QED) is 0.602. The van der Waals surface area contributed by atoms with Gasteiger partial charge in [-0.25, -0.2) is 13.8 Å². The fourth-order valence-corrected chi connectivity index (χ4v) is 3.54. The smallest absolute Gasteiger partial charge is 0.159 e. The van der Waals surface area contributed by atoms with E-state index in [9.17, 15) is 8.78 Å². The van der Waals surface area contributed by atoms with Crippen LogP contribution >= 0.6 is 0 Å². The molecule has 1 aromatic heterocycles. The molecule has 0 radical (unpaired) electrons. The SMILES string of the molecule is COc1cc(N2CONC(CNCc3ccc(F)c(F)c3)C2)ccc1-n1cnc(C)c1. The van der Waals surface area contributed by atoms with Crippen LogP contribution < -0.4 is 20.4 Å². The molecule has 1 unspecified atom stereocenters. The van der Waals surface area contributed by atoms with Crippen molar-refractivity contribution >= 4 is 5.69 Å². The first kappa shape index (κ1) is 21.2. The number of benzene rings is 2. The van der Waals surface area contributed by atoms with Gasteiger partial charge in [0.05, 0.1) is 30.9 Å². The Labute approximate surface area is 179 Å². The van der Waals surface area contributed by atoms with E-state index in [1.807, 2.05) is 35.9 Å². The molecule has 0 aliphatic carbocycles. The predicted molar refractivity (Wildman–Crippen MR) is 113 cm³/mol. The molecular formula is C22H25F2N5O2. The standard InChI is InChI=1S/C22H25F2N5O2/c1-15-11-28(13-26-15)21-6-4-18(8-22(21)30-2)29-12-17(27-31-14-29)10-25-9-16-3-5-19(23)20(24)7-16/h3-8,11,13,17,25,27H,9-10,12,14H2,1-2H3. The number of rotatable bonds is 7. The number of aromatic nitrogens is 2. The van der Waals surface area contributed by atoms with Gasteiger partial charge in [0.1, 0.15) is 12.5 Å². The van der Waals surface area contributed by atoms with Crippen LogP contribution in [-0.2, 0) is 11.4 Å². The summed E-state index contributed by atoms with van der Waals surface area (Å²) in [6.07, 6.45) is 3.70. The van der Waals surface area contributed by atoms with Crippen LogP contribution in [0.2, 0.25) is 0 Å². The third kappa shape index (κ3) is 5.01. The van der Waals surface area contributed by atoms with Crippen molar-refractivity contribution in [1.82, 2.24) is 20.3 Å². The second-order valence-electron chi connectivity index (χ2n) is 7.47. The molecule has 0 spiro atoms. The van der Waals surface area contributed by atoms with Crippen LogP contribution in [0.3, 0.4) is 0 Å². The molecular weight excluding hydrogens is 404 g/mol. The normalized spacial score (nSPS) is 16.5. The van der Waals surface area contributed by atoms with E-state index in [1.165, 1.54) is 6.07 Å². The molecule has 3 aromatic rings. The first-order valence-corrected chi connectivity index (χ1v) is 9.99. The van der Waals surface area contributed by atoms with Gasteiger partial charge in [0.25, 0.3) is 0 Å². The van der Waals surface area contributed by atoms with Gasteiger partial charge in [-0.05, 0) is 36.8 Å². The molecule has 0 amide bonds. The maximum atomic E-state index is 13.3. The molecule has 0 saturated carbocycles. The van der Waals surface area contributed by atoms with E-state index >= 15 is 0 Å². The number of hydrogen-bond donors (Lipinski definition) is 2. The number of anilines is 1. The summed E-state index contributed by atoms with van der Waals surface area (Å²) < 4.78 is 33.9. The number of imidazole rings is 1. The Morgan fingerprint density at radius 2 is 2.10 bits per heavy atom. The Hall–Kier alpha value is -3.01. The maximum absolute atomic E-state index is 13.3. The van der Waals surface area contributed by atoms with Crippen molar-refractivity contribution in [1.29, 1.82) is 0 Å². The molecule has 1 atom stereocenters. The van der Waals surface area contributed by atoms with Gasteiger partial charge in [0.2, 0.25) is 0 Å². The summed E-state index contributed by atoms with van der Waals surface area (Å²) in [5.74, 6) is -0.944. The average Bonchev–Trinajstić information content (AvgIpc) is 3.22. The van der Waals surface area contributed by atoms with Crippen molar-refractivity contribution in [3.8, 4) is 11.4 Å². The molecule has 164 valence electrons. The number of nitrogens with zero attached hydrogens (tertiary/aromatic N) is 3. The molecule has 2 N–H and O–H groups in total.